The lowest BCUT2D eigenvalue weighted by molar-refractivity contribution is 0.0682. The molecule has 6 nitrogen and oxygen atoms in total. The molecule has 3 rings (SSSR count). The third kappa shape index (κ3) is 2.23. The predicted molar refractivity (Wildman–Crippen MR) is 75.4 cm³/mol. The highest BCUT2D eigenvalue weighted by atomic mass is 16.4. The maximum Gasteiger partial charge on any atom is 0.336 e. The molecule has 0 unspecified atom stereocenters. The Morgan fingerprint density at radius 1 is 1.00 bits per heavy atom. The van der Waals surface area contributed by atoms with E-state index in [1.165, 1.54) is 18.2 Å². The van der Waals surface area contributed by atoms with Gasteiger partial charge >= 0.3 is 11.9 Å². The van der Waals surface area contributed by atoms with E-state index in [0.29, 0.717) is 11.3 Å². The van der Waals surface area contributed by atoms with Crippen LogP contribution in [0.5, 0.6) is 0 Å². The quantitative estimate of drug-likeness (QED) is 0.685. The van der Waals surface area contributed by atoms with Crippen LogP contribution in [0.1, 0.15) is 20.7 Å². The molecular weight excluding hydrogens is 272 g/mol. The Morgan fingerprint density at radius 2 is 1.76 bits per heavy atom. The molecule has 0 amide bonds. The number of aromatic nitrogens is 2. The van der Waals surface area contributed by atoms with Gasteiger partial charge in [0.1, 0.15) is 5.82 Å². The number of fused-ring (bicyclic) bond motifs is 1. The smallest absolute Gasteiger partial charge is 0.336 e. The highest BCUT2D eigenvalue weighted by Gasteiger charge is 2.17. The van der Waals surface area contributed by atoms with Gasteiger partial charge in [0.2, 0.25) is 0 Å². The Hall–Kier alpha value is -3.15. The van der Waals surface area contributed by atoms with Crippen LogP contribution in [-0.2, 0) is 0 Å². The van der Waals surface area contributed by atoms with Gasteiger partial charge in [-0.1, -0.05) is 12.1 Å². The zero-order chi connectivity index (χ0) is 15.0. The van der Waals surface area contributed by atoms with Gasteiger partial charge < -0.3 is 15.2 Å². The maximum atomic E-state index is 11.3. The first-order valence-electron chi connectivity index (χ1n) is 6.12. The summed E-state index contributed by atoms with van der Waals surface area (Å²) in [5.41, 5.74) is 1.70. The summed E-state index contributed by atoms with van der Waals surface area (Å²) in [4.78, 5) is 29.7. The molecule has 0 aliphatic carbocycles. The summed E-state index contributed by atoms with van der Waals surface area (Å²) in [5.74, 6) is -1.93. The summed E-state index contributed by atoms with van der Waals surface area (Å²) in [7, 11) is 0. The van der Waals surface area contributed by atoms with E-state index in [1.54, 1.807) is 6.07 Å². The third-order valence-corrected chi connectivity index (χ3v) is 3.14. The van der Waals surface area contributed by atoms with Crippen LogP contribution in [-0.4, -0.2) is 32.1 Å². The molecule has 2 aromatic carbocycles. The number of nitrogens with zero attached hydrogens (tertiary/aromatic N) is 1. The number of carboxylic acid groups (broad SMARTS) is 2. The number of aromatic carboxylic acids is 2. The number of hydrogen-bond acceptors (Lipinski definition) is 3. The number of rotatable bonds is 3. The second kappa shape index (κ2) is 4.75. The Bertz CT molecular complexity index is 834. The van der Waals surface area contributed by atoms with E-state index in [1.807, 2.05) is 18.2 Å². The minimum Gasteiger partial charge on any atom is -0.478 e. The van der Waals surface area contributed by atoms with E-state index in [4.69, 9.17) is 5.11 Å². The van der Waals surface area contributed by atoms with Crippen LogP contribution >= 0.6 is 0 Å². The van der Waals surface area contributed by atoms with E-state index in [-0.39, 0.29) is 16.7 Å². The van der Waals surface area contributed by atoms with Crippen molar-refractivity contribution in [1.82, 2.24) is 9.97 Å². The van der Waals surface area contributed by atoms with Crippen molar-refractivity contribution in [3.8, 4) is 11.4 Å². The molecule has 0 atom stereocenters. The predicted octanol–water partition coefficient (Wildman–Crippen LogP) is 2.63. The molecule has 0 aliphatic rings. The Labute approximate surface area is 118 Å². The average molecular weight is 282 g/mol. The molecule has 1 heterocycles. The van der Waals surface area contributed by atoms with Crippen LogP contribution in [0.2, 0.25) is 0 Å². The Balaban J connectivity index is 2.25. The van der Waals surface area contributed by atoms with E-state index in [9.17, 15) is 14.7 Å². The van der Waals surface area contributed by atoms with Crippen LogP contribution in [0, 0.1) is 0 Å². The molecule has 3 N–H and O–H groups in total. The topological polar surface area (TPSA) is 103 Å². The zero-order valence-corrected chi connectivity index (χ0v) is 10.7. The fourth-order valence-electron chi connectivity index (χ4n) is 2.14. The molecular formula is C15H10N2O4. The number of H-pyrrole nitrogens is 1. The van der Waals surface area contributed by atoms with Gasteiger partial charge in [-0.2, -0.15) is 0 Å². The number of carboxylic acids is 2. The van der Waals surface area contributed by atoms with E-state index in [0.717, 1.165) is 5.52 Å². The monoisotopic (exact) mass is 282 g/mol. The molecule has 0 saturated heterocycles. The number of para-hydroxylation sites is 2. The number of nitrogens with one attached hydrogen (secondary N) is 1. The van der Waals surface area contributed by atoms with E-state index >= 15 is 0 Å². The molecule has 104 valence electrons. The number of benzene rings is 2. The van der Waals surface area contributed by atoms with Gasteiger partial charge in [-0.25, -0.2) is 14.6 Å². The first-order valence-corrected chi connectivity index (χ1v) is 6.12. The number of aromatic amines is 1. The highest BCUT2D eigenvalue weighted by Crippen LogP contribution is 2.25. The molecule has 0 radical (unpaired) electrons. The normalized spacial score (nSPS) is 10.7. The fourth-order valence-corrected chi connectivity index (χ4v) is 2.14. The summed E-state index contributed by atoms with van der Waals surface area (Å²) >= 11 is 0. The lowest BCUT2D eigenvalue weighted by Crippen LogP contribution is -2.04. The minimum atomic E-state index is -1.14. The van der Waals surface area contributed by atoms with Crippen LogP contribution in [0.4, 0.5) is 0 Å². The SMILES string of the molecule is O=C(O)c1ccc(C(=O)O)c(-c2nc3ccccc3[nH]2)c1. The minimum absolute atomic E-state index is 0.000874. The summed E-state index contributed by atoms with van der Waals surface area (Å²) in [6.07, 6.45) is 0. The second-order valence-corrected chi connectivity index (χ2v) is 4.47. The molecule has 21 heavy (non-hydrogen) atoms. The number of imidazole rings is 1. The van der Waals surface area contributed by atoms with Gasteiger partial charge in [0.15, 0.2) is 0 Å². The first kappa shape index (κ1) is 12.9. The van der Waals surface area contributed by atoms with Gasteiger partial charge in [-0.15, -0.1) is 0 Å². The van der Waals surface area contributed by atoms with Crippen LogP contribution in [0.15, 0.2) is 42.5 Å². The summed E-state index contributed by atoms with van der Waals surface area (Å²) in [6.45, 7) is 0. The van der Waals surface area contributed by atoms with Gasteiger partial charge in [0.05, 0.1) is 22.2 Å². The van der Waals surface area contributed by atoms with Crippen LogP contribution < -0.4 is 0 Å². The van der Waals surface area contributed by atoms with Crippen molar-refractivity contribution in [2.45, 2.75) is 0 Å². The van der Waals surface area contributed by atoms with Crippen molar-refractivity contribution < 1.29 is 19.8 Å². The van der Waals surface area contributed by atoms with Crippen molar-refractivity contribution >= 4 is 23.0 Å². The maximum absolute atomic E-state index is 11.3. The molecule has 0 aliphatic heterocycles. The molecule has 3 aromatic rings. The van der Waals surface area contributed by atoms with E-state index < -0.39 is 11.9 Å². The standard InChI is InChI=1S/C15H10N2O4/c18-14(19)8-5-6-9(15(20)21)10(7-8)13-16-11-3-1-2-4-12(11)17-13/h1-7H,(H,16,17)(H,18,19)(H,20,21). The molecule has 6 heteroatoms. The van der Waals surface area contributed by atoms with Crippen LogP contribution in [0.25, 0.3) is 22.4 Å². The first-order chi connectivity index (χ1) is 10.1. The molecule has 0 spiro atoms. The van der Waals surface area contributed by atoms with Gasteiger partial charge in [-0.3, -0.25) is 0 Å². The second-order valence-electron chi connectivity index (χ2n) is 4.47. The lowest BCUT2D eigenvalue weighted by Gasteiger charge is -2.04. The molecule has 1 aromatic heterocycles. The molecule has 0 fully saturated rings. The fraction of sp³-hybridized carbons (Fsp3) is 0. The van der Waals surface area contributed by atoms with Crippen molar-refractivity contribution in [2.75, 3.05) is 0 Å². The Morgan fingerprint density at radius 3 is 2.43 bits per heavy atom. The number of carbonyl (C=O) groups is 2. The van der Waals surface area contributed by atoms with Crippen molar-refractivity contribution in [2.24, 2.45) is 0 Å². The summed E-state index contributed by atoms with van der Waals surface area (Å²) in [5, 5.41) is 18.3. The van der Waals surface area contributed by atoms with Crippen molar-refractivity contribution in [3.63, 3.8) is 0 Å². The molecule has 0 bridgehead atoms. The lowest BCUT2D eigenvalue weighted by atomic mass is 10.0. The summed E-state index contributed by atoms with van der Waals surface area (Å²) in [6, 6.07) is 11.1. The van der Waals surface area contributed by atoms with Crippen molar-refractivity contribution in [1.29, 1.82) is 0 Å². The summed E-state index contributed by atoms with van der Waals surface area (Å²) < 4.78 is 0. The van der Waals surface area contributed by atoms with Gasteiger partial charge in [-0.05, 0) is 30.3 Å². The van der Waals surface area contributed by atoms with Gasteiger partial charge in [0, 0.05) is 5.56 Å². The van der Waals surface area contributed by atoms with Gasteiger partial charge in [0.25, 0.3) is 0 Å². The average Bonchev–Trinajstić information content (AvgIpc) is 2.90. The van der Waals surface area contributed by atoms with Crippen molar-refractivity contribution in [3.05, 3.63) is 53.6 Å². The largest absolute Gasteiger partial charge is 0.478 e. The van der Waals surface area contributed by atoms with Crippen LogP contribution in [0.3, 0.4) is 0 Å². The van der Waals surface area contributed by atoms with E-state index in [2.05, 4.69) is 9.97 Å². The zero-order valence-electron chi connectivity index (χ0n) is 10.7. The molecule has 0 saturated carbocycles. The Kier molecular flexibility index (Phi) is 2.91. The number of hydrogen-bond donors (Lipinski definition) is 3. The third-order valence-electron chi connectivity index (χ3n) is 3.14. The highest BCUT2D eigenvalue weighted by molar-refractivity contribution is 5.99.